The Morgan fingerprint density at radius 2 is 2.26 bits per heavy atom. The van der Waals surface area contributed by atoms with E-state index in [1.54, 1.807) is 20.8 Å². The van der Waals surface area contributed by atoms with Crippen molar-refractivity contribution >= 4 is 23.6 Å². The summed E-state index contributed by atoms with van der Waals surface area (Å²) >= 11 is 1.19. The lowest BCUT2D eigenvalue weighted by Crippen LogP contribution is -2.47. The molecule has 0 saturated carbocycles. The Morgan fingerprint density at radius 1 is 1.63 bits per heavy atom. The van der Waals surface area contributed by atoms with E-state index < -0.39 is 11.4 Å². The van der Waals surface area contributed by atoms with Gasteiger partial charge in [-0.2, -0.15) is 5.26 Å². The summed E-state index contributed by atoms with van der Waals surface area (Å²) in [6.45, 7) is 5.26. The summed E-state index contributed by atoms with van der Waals surface area (Å²) in [6, 6.07) is 1.85. The largest absolute Gasteiger partial charge is 0.394 e. The minimum atomic E-state index is -0.815. The third kappa shape index (κ3) is 3.49. The number of thioether (sulfide) groups is 1. The predicted molar refractivity (Wildman–Crippen MR) is 71.8 cm³/mol. The van der Waals surface area contributed by atoms with Gasteiger partial charge in [0.2, 0.25) is 5.91 Å². The third-order valence-electron chi connectivity index (χ3n) is 2.59. The van der Waals surface area contributed by atoms with Crippen LogP contribution in [0, 0.1) is 11.3 Å². The SMILES string of the molecule is CCN1C(=O)CSC1=C(C#N)C(=O)NC(C)(C)CO. The van der Waals surface area contributed by atoms with Gasteiger partial charge in [-0.15, -0.1) is 0 Å². The van der Waals surface area contributed by atoms with E-state index in [9.17, 15) is 9.59 Å². The third-order valence-corrected chi connectivity index (χ3v) is 3.68. The van der Waals surface area contributed by atoms with Gasteiger partial charge in [-0.1, -0.05) is 11.8 Å². The fourth-order valence-electron chi connectivity index (χ4n) is 1.53. The average molecular weight is 283 g/mol. The number of nitriles is 1. The molecule has 1 fully saturated rings. The highest BCUT2D eigenvalue weighted by molar-refractivity contribution is 8.04. The molecule has 0 aromatic heterocycles. The molecule has 1 rings (SSSR count). The van der Waals surface area contributed by atoms with Gasteiger partial charge in [0.15, 0.2) is 0 Å². The topological polar surface area (TPSA) is 93.4 Å². The monoisotopic (exact) mass is 283 g/mol. The number of nitrogens with one attached hydrogen (secondary N) is 1. The zero-order chi connectivity index (χ0) is 14.6. The minimum absolute atomic E-state index is 0.0841. The maximum atomic E-state index is 12.1. The molecular weight excluding hydrogens is 266 g/mol. The molecule has 0 spiro atoms. The van der Waals surface area contributed by atoms with E-state index in [4.69, 9.17) is 10.4 Å². The van der Waals surface area contributed by atoms with Crippen molar-refractivity contribution in [3.63, 3.8) is 0 Å². The Hall–Kier alpha value is -1.52. The Morgan fingerprint density at radius 3 is 2.74 bits per heavy atom. The van der Waals surface area contributed by atoms with Crippen LogP contribution >= 0.6 is 11.8 Å². The van der Waals surface area contributed by atoms with Gasteiger partial charge in [-0.3, -0.25) is 9.59 Å². The van der Waals surface area contributed by atoms with E-state index in [-0.39, 0.29) is 23.8 Å². The summed E-state index contributed by atoms with van der Waals surface area (Å²) in [5.41, 5.74) is -0.899. The van der Waals surface area contributed by atoms with Gasteiger partial charge in [-0.05, 0) is 20.8 Å². The van der Waals surface area contributed by atoms with Crippen LogP contribution in [0.2, 0.25) is 0 Å². The lowest BCUT2D eigenvalue weighted by Gasteiger charge is -2.24. The van der Waals surface area contributed by atoms with E-state index in [1.165, 1.54) is 16.7 Å². The maximum Gasteiger partial charge on any atom is 0.265 e. The summed E-state index contributed by atoms with van der Waals surface area (Å²) in [4.78, 5) is 25.1. The summed E-state index contributed by atoms with van der Waals surface area (Å²) in [5, 5.41) is 21.2. The first-order valence-corrected chi connectivity index (χ1v) is 6.85. The van der Waals surface area contributed by atoms with E-state index in [1.807, 2.05) is 6.07 Å². The first-order chi connectivity index (χ1) is 8.86. The van der Waals surface area contributed by atoms with Crippen molar-refractivity contribution in [1.82, 2.24) is 10.2 Å². The Balaban J connectivity index is 3.04. The number of hydrogen-bond donors (Lipinski definition) is 2. The fourth-order valence-corrected chi connectivity index (χ4v) is 2.62. The normalized spacial score (nSPS) is 18.3. The number of carbonyl (C=O) groups is 2. The maximum absolute atomic E-state index is 12.1. The van der Waals surface area contributed by atoms with Crippen LogP contribution in [0.4, 0.5) is 0 Å². The van der Waals surface area contributed by atoms with Crippen molar-refractivity contribution in [2.75, 3.05) is 18.9 Å². The average Bonchev–Trinajstić information content (AvgIpc) is 2.71. The van der Waals surface area contributed by atoms with E-state index in [0.29, 0.717) is 11.6 Å². The number of aliphatic hydroxyl groups is 1. The number of amides is 2. The first-order valence-electron chi connectivity index (χ1n) is 5.87. The second-order valence-electron chi connectivity index (χ2n) is 4.71. The van der Waals surface area contributed by atoms with Crippen molar-refractivity contribution < 1.29 is 14.7 Å². The molecule has 0 unspecified atom stereocenters. The van der Waals surface area contributed by atoms with Gasteiger partial charge in [0.05, 0.1) is 17.9 Å². The molecule has 2 N–H and O–H groups in total. The van der Waals surface area contributed by atoms with Gasteiger partial charge < -0.3 is 15.3 Å². The molecule has 0 aromatic rings. The number of rotatable bonds is 4. The highest BCUT2D eigenvalue weighted by Crippen LogP contribution is 2.31. The Kier molecular flexibility index (Phi) is 4.97. The minimum Gasteiger partial charge on any atom is -0.394 e. The number of nitrogens with zero attached hydrogens (tertiary/aromatic N) is 2. The predicted octanol–water partition coefficient (Wildman–Crippen LogP) is 0.204. The molecular formula is C12H17N3O3S. The summed E-state index contributed by atoms with van der Waals surface area (Å²) in [5.74, 6) is -0.438. The first kappa shape index (κ1) is 15.5. The molecule has 0 atom stereocenters. The second kappa shape index (κ2) is 6.08. The van der Waals surface area contributed by atoms with Crippen LogP contribution in [0.5, 0.6) is 0 Å². The smallest absolute Gasteiger partial charge is 0.265 e. The van der Waals surface area contributed by atoms with Crippen LogP contribution in [0.15, 0.2) is 10.6 Å². The quantitative estimate of drug-likeness (QED) is 0.568. The van der Waals surface area contributed by atoms with E-state index >= 15 is 0 Å². The highest BCUT2D eigenvalue weighted by atomic mass is 32.2. The molecule has 2 amide bonds. The van der Waals surface area contributed by atoms with Crippen LogP contribution in [0.3, 0.4) is 0 Å². The standard InChI is InChI=1S/C12H17N3O3S/c1-4-15-9(17)6-19-11(15)8(5-13)10(18)14-12(2,3)7-16/h16H,4,6-7H2,1-3H3,(H,14,18). The number of carbonyl (C=O) groups excluding carboxylic acids is 2. The number of hydrogen-bond acceptors (Lipinski definition) is 5. The molecule has 19 heavy (non-hydrogen) atoms. The zero-order valence-electron chi connectivity index (χ0n) is 11.2. The Bertz CT molecular complexity index is 465. The van der Waals surface area contributed by atoms with Crippen molar-refractivity contribution in [1.29, 1.82) is 5.26 Å². The lowest BCUT2D eigenvalue weighted by molar-refractivity contribution is -0.125. The molecule has 1 saturated heterocycles. The van der Waals surface area contributed by atoms with Crippen LogP contribution in [-0.4, -0.2) is 46.3 Å². The molecule has 0 bridgehead atoms. The van der Waals surface area contributed by atoms with Crippen molar-refractivity contribution in [3.05, 3.63) is 10.6 Å². The van der Waals surface area contributed by atoms with Crippen molar-refractivity contribution in [2.24, 2.45) is 0 Å². The molecule has 1 aliphatic rings. The van der Waals surface area contributed by atoms with Gasteiger partial charge in [-0.25, -0.2) is 0 Å². The van der Waals surface area contributed by atoms with Gasteiger partial charge >= 0.3 is 0 Å². The zero-order valence-corrected chi connectivity index (χ0v) is 12.0. The van der Waals surface area contributed by atoms with Crippen molar-refractivity contribution in [3.8, 4) is 6.07 Å². The van der Waals surface area contributed by atoms with Crippen LogP contribution < -0.4 is 5.32 Å². The van der Waals surface area contributed by atoms with Gasteiger partial charge in [0.1, 0.15) is 16.7 Å². The van der Waals surface area contributed by atoms with Crippen LogP contribution in [0.1, 0.15) is 20.8 Å². The van der Waals surface area contributed by atoms with Crippen molar-refractivity contribution in [2.45, 2.75) is 26.3 Å². The molecule has 104 valence electrons. The summed E-state index contributed by atoms with van der Waals surface area (Å²) in [6.07, 6.45) is 0. The molecule has 1 heterocycles. The van der Waals surface area contributed by atoms with Gasteiger partial charge in [0, 0.05) is 6.54 Å². The molecule has 6 nitrogen and oxygen atoms in total. The summed E-state index contributed by atoms with van der Waals surface area (Å²) in [7, 11) is 0. The molecule has 1 aliphatic heterocycles. The Labute approximate surface area is 116 Å². The number of aliphatic hydroxyl groups excluding tert-OH is 1. The summed E-state index contributed by atoms with van der Waals surface area (Å²) < 4.78 is 0. The lowest BCUT2D eigenvalue weighted by atomic mass is 10.1. The highest BCUT2D eigenvalue weighted by Gasteiger charge is 2.32. The second-order valence-corrected chi connectivity index (χ2v) is 5.68. The van der Waals surface area contributed by atoms with Crippen LogP contribution in [0.25, 0.3) is 0 Å². The molecule has 0 radical (unpaired) electrons. The van der Waals surface area contributed by atoms with Gasteiger partial charge in [0.25, 0.3) is 5.91 Å². The molecule has 7 heteroatoms. The van der Waals surface area contributed by atoms with E-state index in [2.05, 4.69) is 5.32 Å². The fraction of sp³-hybridized carbons (Fsp3) is 0.583. The molecule has 0 aromatic carbocycles. The van der Waals surface area contributed by atoms with Crippen LogP contribution in [-0.2, 0) is 9.59 Å². The van der Waals surface area contributed by atoms with E-state index in [0.717, 1.165) is 0 Å². The molecule has 0 aliphatic carbocycles.